The molecule has 0 spiro atoms. The van der Waals surface area contributed by atoms with Gasteiger partial charge in [0.25, 0.3) is 0 Å². The summed E-state index contributed by atoms with van der Waals surface area (Å²) in [4.78, 5) is 9.30. The van der Waals surface area contributed by atoms with Crippen LogP contribution in [0.3, 0.4) is 0 Å². The standard InChI is InChI=1S/C18H24N6O/c1-14-5-9-23(18(6-7-19)11-25-12-18)10-16(14)22(2)17-15-4-3-8-24(15)21-13-20-17/h3-4,8,13-14,16H,5-6,9-12H2,1-2H3/t14-,16?/m1/s1. The van der Waals surface area contributed by atoms with Gasteiger partial charge in [-0.2, -0.15) is 10.4 Å². The number of anilines is 1. The zero-order valence-electron chi connectivity index (χ0n) is 14.8. The maximum atomic E-state index is 9.23. The van der Waals surface area contributed by atoms with Crippen LogP contribution >= 0.6 is 0 Å². The molecule has 0 aromatic carbocycles. The summed E-state index contributed by atoms with van der Waals surface area (Å²) in [5, 5.41) is 13.5. The van der Waals surface area contributed by atoms with Gasteiger partial charge in [-0.1, -0.05) is 6.92 Å². The lowest BCUT2D eigenvalue weighted by molar-refractivity contribution is -0.147. The molecular formula is C18H24N6O. The predicted molar refractivity (Wildman–Crippen MR) is 94.3 cm³/mol. The molecule has 1 unspecified atom stereocenters. The maximum Gasteiger partial charge on any atom is 0.156 e. The van der Waals surface area contributed by atoms with Crippen molar-refractivity contribution in [1.82, 2.24) is 19.5 Å². The fraction of sp³-hybridized carbons (Fsp3) is 0.611. The van der Waals surface area contributed by atoms with Gasteiger partial charge >= 0.3 is 0 Å². The van der Waals surface area contributed by atoms with E-state index in [9.17, 15) is 5.26 Å². The minimum atomic E-state index is -0.0932. The third kappa shape index (κ3) is 2.66. The zero-order chi connectivity index (χ0) is 17.4. The van der Waals surface area contributed by atoms with Gasteiger partial charge in [-0.05, 0) is 31.0 Å². The molecule has 2 atom stereocenters. The molecule has 4 heterocycles. The van der Waals surface area contributed by atoms with E-state index in [2.05, 4.69) is 39.9 Å². The molecule has 2 aromatic heterocycles. The summed E-state index contributed by atoms with van der Waals surface area (Å²) in [5.41, 5.74) is 0.928. The molecule has 7 nitrogen and oxygen atoms in total. The topological polar surface area (TPSA) is 69.7 Å². The van der Waals surface area contributed by atoms with Crippen LogP contribution < -0.4 is 4.90 Å². The summed E-state index contributed by atoms with van der Waals surface area (Å²) in [6.07, 6.45) is 5.21. The Balaban J connectivity index is 1.60. The first-order valence-corrected chi connectivity index (χ1v) is 8.85. The van der Waals surface area contributed by atoms with E-state index in [1.807, 2.05) is 22.8 Å². The third-order valence-electron chi connectivity index (χ3n) is 5.88. The van der Waals surface area contributed by atoms with Crippen molar-refractivity contribution >= 4 is 11.3 Å². The van der Waals surface area contributed by atoms with Gasteiger partial charge in [0.05, 0.1) is 31.2 Å². The number of nitriles is 1. The van der Waals surface area contributed by atoms with Gasteiger partial charge in [0.2, 0.25) is 0 Å². The van der Waals surface area contributed by atoms with Crippen LogP contribution in [0.4, 0.5) is 5.82 Å². The van der Waals surface area contributed by atoms with E-state index in [-0.39, 0.29) is 5.54 Å². The van der Waals surface area contributed by atoms with Crippen LogP contribution in [0.5, 0.6) is 0 Å². The number of hydrogen-bond donors (Lipinski definition) is 0. The van der Waals surface area contributed by atoms with E-state index >= 15 is 0 Å². The molecule has 0 radical (unpaired) electrons. The highest BCUT2D eigenvalue weighted by Gasteiger charge is 2.47. The highest BCUT2D eigenvalue weighted by atomic mass is 16.5. The molecule has 0 amide bonds. The zero-order valence-corrected chi connectivity index (χ0v) is 14.8. The van der Waals surface area contributed by atoms with Crippen LogP contribution in [-0.2, 0) is 4.74 Å². The molecule has 2 saturated heterocycles. The van der Waals surface area contributed by atoms with Gasteiger partial charge < -0.3 is 9.64 Å². The molecule has 2 aliphatic heterocycles. The van der Waals surface area contributed by atoms with Crippen molar-refractivity contribution in [1.29, 1.82) is 5.26 Å². The monoisotopic (exact) mass is 340 g/mol. The largest absolute Gasteiger partial charge is 0.377 e. The highest BCUT2D eigenvalue weighted by Crippen LogP contribution is 2.35. The van der Waals surface area contributed by atoms with Crippen LogP contribution in [0.2, 0.25) is 0 Å². The number of likely N-dealkylation sites (tertiary alicyclic amines) is 1. The van der Waals surface area contributed by atoms with E-state index in [1.54, 1.807) is 6.33 Å². The number of likely N-dealkylation sites (N-methyl/N-ethyl adjacent to an activating group) is 1. The van der Waals surface area contributed by atoms with Gasteiger partial charge in [-0.3, -0.25) is 4.90 Å². The van der Waals surface area contributed by atoms with Gasteiger partial charge in [0, 0.05) is 25.8 Å². The lowest BCUT2D eigenvalue weighted by Gasteiger charge is -2.53. The Kier molecular flexibility index (Phi) is 4.10. The van der Waals surface area contributed by atoms with Crippen LogP contribution in [0.15, 0.2) is 24.7 Å². The van der Waals surface area contributed by atoms with Crippen molar-refractivity contribution < 1.29 is 4.74 Å². The van der Waals surface area contributed by atoms with E-state index in [0.29, 0.717) is 31.6 Å². The fourth-order valence-corrected chi connectivity index (χ4v) is 4.15. The molecule has 0 N–H and O–H groups in total. The first kappa shape index (κ1) is 16.3. The molecule has 0 aliphatic carbocycles. The average molecular weight is 340 g/mol. The maximum absolute atomic E-state index is 9.23. The number of nitrogens with zero attached hydrogens (tertiary/aromatic N) is 6. The molecule has 2 aromatic rings. The van der Waals surface area contributed by atoms with Gasteiger partial charge in [0.15, 0.2) is 5.82 Å². The second-order valence-corrected chi connectivity index (χ2v) is 7.36. The van der Waals surface area contributed by atoms with Crippen LogP contribution in [0.1, 0.15) is 19.8 Å². The number of rotatable bonds is 4. The van der Waals surface area contributed by atoms with E-state index in [1.165, 1.54) is 0 Å². The summed E-state index contributed by atoms with van der Waals surface area (Å²) in [6.45, 7) is 5.60. The lowest BCUT2D eigenvalue weighted by Crippen LogP contribution is -2.67. The summed E-state index contributed by atoms with van der Waals surface area (Å²) in [5.74, 6) is 1.52. The van der Waals surface area contributed by atoms with Crippen molar-refractivity contribution in [2.45, 2.75) is 31.3 Å². The Morgan fingerprint density at radius 3 is 3.04 bits per heavy atom. The van der Waals surface area contributed by atoms with Crippen molar-refractivity contribution in [2.75, 3.05) is 38.3 Å². The molecule has 132 valence electrons. The van der Waals surface area contributed by atoms with Crippen LogP contribution in [0, 0.1) is 17.2 Å². The number of fused-ring (bicyclic) bond motifs is 1. The molecule has 2 aliphatic rings. The summed E-state index contributed by atoms with van der Waals surface area (Å²) < 4.78 is 7.33. The van der Waals surface area contributed by atoms with Crippen LogP contribution in [-0.4, -0.2) is 64.4 Å². The normalized spacial score (nSPS) is 26.1. The molecule has 0 bridgehead atoms. The first-order chi connectivity index (χ1) is 12.1. The average Bonchev–Trinajstić information content (AvgIpc) is 3.07. The first-order valence-electron chi connectivity index (χ1n) is 8.85. The Morgan fingerprint density at radius 1 is 1.48 bits per heavy atom. The quantitative estimate of drug-likeness (QED) is 0.841. The highest BCUT2D eigenvalue weighted by molar-refractivity contribution is 5.68. The van der Waals surface area contributed by atoms with Gasteiger partial charge in [-0.15, -0.1) is 0 Å². The molecular weight excluding hydrogens is 316 g/mol. The second-order valence-electron chi connectivity index (χ2n) is 7.36. The Morgan fingerprint density at radius 2 is 2.32 bits per heavy atom. The van der Waals surface area contributed by atoms with Crippen molar-refractivity contribution in [3.8, 4) is 6.07 Å². The smallest absolute Gasteiger partial charge is 0.156 e. The molecule has 0 saturated carbocycles. The van der Waals surface area contributed by atoms with Crippen molar-refractivity contribution in [3.63, 3.8) is 0 Å². The number of ether oxygens (including phenoxy) is 1. The fourth-order valence-electron chi connectivity index (χ4n) is 4.15. The summed E-state index contributed by atoms with van der Waals surface area (Å²) in [6, 6.07) is 6.74. The Bertz CT molecular complexity index is 792. The molecule has 7 heteroatoms. The number of hydrogen-bond acceptors (Lipinski definition) is 6. The van der Waals surface area contributed by atoms with Gasteiger partial charge in [0.1, 0.15) is 11.8 Å². The molecule has 25 heavy (non-hydrogen) atoms. The Hall–Kier alpha value is -2.17. The second kappa shape index (κ2) is 6.28. The lowest BCUT2D eigenvalue weighted by atomic mass is 9.84. The minimum absolute atomic E-state index is 0.0932. The van der Waals surface area contributed by atoms with Crippen LogP contribution in [0.25, 0.3) is 5.52 Å². The van der Waals surface area contributed by atoms with Gasteiger partial charge in [-0.25, -0.2) is 9.50 Å². The SMILES string of the molecule is C[C@@H]1CCN(C2(CC#N)COC2)CC1N(C)c1ncnn2cccc12. The van der Waals surface area contributed by atoms with E-state index < -0.39 is 0 Å². The molecule has 2 fully saturated rings. The summed E-state index contributed by atoms with van der Waals surface area (Å²) >= 11 is 0. The van der Waals surface area contributed by atoms with E-state index in [4.69, 9.17) is 4.74 Å². The van der Waals surface area contributed by atoms with Crippen molar-refractivity contribution in [2.24, 2.45) is 5.92 Å². The molecule has 4 rings (SSSR count). The summed E-state index contributed by atoms with van der Waals surface area (Å²) in [7, 11) is 2.12. The number of aromatic nitrogens is 3. The number of piperidine rings is 1. The third-order valence-corrected chi connectivity index (χ3v) is 5.88. The van der Waals surface area contributed by atoms with Crippen molar-refractivity contribution in [3.05, 3.63) is 24.7 Å². The predicted octanol–water partition coefficient (Wildman–Crippen LogP) is 1.56. The van der Waals surface area contributed by atoms with E-state index in [0.717, 1.165) is 30.8 Å². The Labute approximate surface area is 147 Å². The minimum Gasteiger partial charge on any atom is -0.377 e.